The van der Waals surface area contributed by atoms with Gasteiger partial charge in [0, 0.05) is 29.9 Å². The summed E-state index contributed by atoms with van der Waals surface area (Å²) in [6, 6.07) is 9.86. The van der Waals surface area contributed by atoms with Gasteiger partial charge in [-0.1, -0.05) is 12.1 Å². The summed E-state index contributed by atoms with van der Waals surface area (Å²) in [5.41, 5.74) is 1.55. The van der Waals surface area contributed by atoms with Crippen LogP contribution in [0.15, 0.2) is 55.0 Å². The first kappa shape index (κ1) is 15.3. The van der Waals surface area contributed by atoms with E-state index in [0.717, 1.165) is 15.4 Å². The quantitative estimate of drug-likeness (QED) is 0.783. The minimum atomic E-state index is -0.239. The Morgan fingerprint density at radius 2 is 2.00 bits per heavy atom. The molecule has 0 bridgehead atoms. The number of nitrogens with zero attached hydrogens (tertiary/aromatic N) is 2. The van der Waals surface area contributed by atoms with Crippen LogP contribution < -0.4 is 5.32 Å². The summed E-state index contributed by atoms with van der Waals surface area (Å²) in [5, 5.41) is 3.65. The summed E-state index contributed by atoms with van der Waals surface area (Å²) in [5.74, 6) is -0.412. The highest BCUT2D eigenvalue weighted by molar-refractivity contribution is 7.11. The van der Waals surface area contributed by atoms with E-state index in [1.165, 1.54) is 29.7 Å². The zero-order valence-corrected chi connectivity index (χ0v) is 13.0. The summed E-state index contributed by atoms with van der Waals surface area (Å²) in [6.45, 7) is 0.377. The van der Waals surface area contributed by atoms with Gasteiger partial charge in [-0.2, -0.15) is 0 Å². The minimum absolute atomic E-state index is 0.173. The van der Waals surface area contributed by atoms with Crippen LogP contribution in [0.1, 0.15) is 25.8 Å². The molecule has 4 nitrogen and oxygen atoms in total. The van der Waals surface area contributed by atoms with E-state index >= 15 is 0 Å². The molecule has 2 aromatic heterocycles. The molecule has 0 atom stereocenters. The monoisotopic (exact) mass is 327 g/mol. The Bertz CT molecular complexity index is 787. The van der Waals surface area contributed by atoms with Crippen LogP contribution in [-0.2, 0) is 13.0 Å². The molecule has 23 heavy (non-hydrogen) atoms. The molecule has 1 amide bonds. The summed E-state index contributed by atoms with van der Waals surface area (Å²) in [7, 11) is 0. The highest BCUT2D eigenvalue weighted by Gasteiger charge is 2.07. The highest BCUT2D eigenvalue weighted by Crippen LogP contribution is 2.17. The molecule has 6 heteroatoms. The second-order valence-electron chi connectivity index (χ2n) is 4.95. The average Bonchev–Trinajstić information content (AvgIpc) is 3.03. The molecule has 0 fully saturated rings. The first-order valence-electron chi connectivity index (χ1n) is 7.07. The number of carbonyl (C=O) groups is 1. The van der Waals surface area contributed by atoms with Crippen LogP contribution in [0.4, 0.5) is 4.39 Å². The predicted octanol–water partition coefficient (Wildman–Crippen LogP) is 3.20. The maximum Gasteiger partial charge on any atom is 0.253 e. The van der Waals surface area contributed by atoms with Crippen molar-refractivity contribution in [2.75, 3.05) is 0 Å². The third kappa shape index (κ3) is 4.20. The van der Waals surface area contributed by atoms with E-state index in [4.69, 9.17) is 0 Å². The second-order valence-corrected chi connectivity index (χ2v) is 6.15. The zero-order chi connectivity index (χ0) is 16.1. The molecular weight excluding hydrogens is 313 g/mol. The van der Waals surface area contributed by atoms with E-state index in [-0.39, 0.29) is 11.7 Å². The van der Waals surface area contributed by atoms with Crippen LogP contribution in [0, 0.1) is 5.82 Å². The number of hydrogen-bond acceptors (Lipinski definition) is 4. The number of rotatable bonds is 5. The molecule has 0 aliphatic heterocycles. The van der Waals surface area contributed by atoms with Gasteiger partial charge < -0.3 is 5.32 Å². The SMILES string of the molecule is O=C(NCc1ncc(Cc2ccc(F)cc2)s1)c1cccnc1. The third-order valence-corrected chi connectivity index (χ3v) is 4.21. The van der Waals surface area contributed by atoms with Gasteiger partial charge in [0.15, 0.2) is 0 Å². The lowest BCUT2D eigenvalue weighted by molar-refractivity contribution is 0.0950. The van der Waals surface area contributed by atoms with Crippen LogP contribution in [-0.4, -0.2) is 15.9 Å². The van der Waals surface area contributed by atoms with E-state index < -0.39 is 0 Å². The van der Waals surface area contributed by atoms with E-state index in [2.05, 4.69) is 15.3 Å². The number of nitrogens with one attached hydrogen (secondary N) is 1. The lowest BCUT2D eigenvalue weighted by atomic mass is 10.1. The average molecular weight is 327 g/mol. The normalized spacial score (nSPS) is 10.5. The van der Waals surface area contributed by atoms with Crippen LogP contribution in [0.2, 0.25) is 0 Å². The summed E-state index contributed by atoms with van der Waals surface area (Å²) >= 11 is 1.53. The van der Waals surface area contributed by atoms with Crippen LogP contribution in [0.25, 0.3) is 0 Å². The topological polar surface area (TPSA) is 54.9 Å². The first-order valence-corrected chi connectivity index (χ1v) is 7.88. The summed E-state index contributed by atoms with van der Waals surface area (Å²) in [6.07, 6.45) is 5.64. The molecular formula is C17H14FN3OS. The molecule has 2 heterocycles. The molecule has 0 aliphatic rings. The van der Waals surface area contributed by atoms with Crippen molar-refractivity contribution in [3.05, 3.63) is 81.8 Å². The van der Waals surface area contributed by atoms with Crippen molar-refractivity contribution >= 4 is 17.2 Å². The van der Waals surface area contributed by atoms with Crippen molar-refractivity contribution in [1.82, 2.24) is 15.3 Å². The zero-order valence-electron chi connectivity index (χ0n) is 12.2. The molecule has 0 saturated carbocycles. The fraction of sp³-hybridized carbons (Fsp3) is 0.118. The minimum Gasteiger partial charge on any atom is -0.345 e. The number of hydrogen-bond donors (Lipinski definition) is 1. The van der Waals surface area contributed by atoms with Crippen molar-refractivity contribution < 1.29 is 9.18 Å². The summed E-state index contributed by atoms with van der Waals surface area (Å²) < 4.78 is 12.9. The van der Waals surface area contributed by atoms with E-state index in [1.54, 1.807) is 36.7 Å². The van der Waals surface area contributed by atoms with Crippen molar-refractivity contribution in [3.8, 4) is 0 Å². The van der Waals surface area contributed by atoms with Crippen LogP contribution in [0.5, 0.6) is 0 Å². The highest BCUT2D eigenvalue weighted by atomic mass is 32.1. The van der Waals surface area contributed by atoms with Gasteiger partial charge in [0.1, 0.15) is 10.8 Å². The Morgan fingerprint density at radius 1 is 1.17 bits per heavy atom. The molecule has 3 aromatic rings. The summed E-state index contributed by atoms with van der Waals surface area (Å²) in [4.78, 5) is 21.2. The van der Waals surface area contributed by atoms with Gasteiger partial charge in [-0.3, -0.25) is 9.78 Å². The maximum atomic E-state index is 12.9. The Balaban J connectivity index is 1.57. The van der Waals surface area contributed by atoms with Gasteiger partial charge in [-0.05, 0) is 29.8 Å². The van der Waals surface area contributed by atoms with Gasteiger partial charge in [-0.25, -0.2) is 9.37 Å². The van der Waals surface area contributed by atoms with Gasteiger partial charge >= 0.3 is 0 Å². The molecule has 3 rings (SSSR count). The second kappa shape index (κ2) is 7.11. The number of thiazole rings is 1. The standard InChI is InChI=1S/C17H14FN3OS/c18-14-5-3-12(4-6-14)8-15-10-20-16(23-15)11-21-17(22)13-2-1-7-19-9-13/h1-7,9-10H,8,11H2,(H,21,22). The number of benzene rings is 1. The first-order chi connectivity index (χ1) is 11.2. The molecule has 1 N–H and O–H groups in total. The maximum absolute atomic E-state index is 12.9. The fourth-order valence-corrected chi connectivity index (χ4v) is 2.97. The van der Waals surface area contributed by atoms with E-state index in [0.29, 0.717) is 18.5 Å². The van der Waals surface area contributed by atoms with Gasteiger partial charge in [0.2, 0.25) is 0 Å². The van der Waals surface area contributed by atoms with Crippen LogP contribution in [0.3, 0.4) is 0 Å². The van der Waals surface area contributed by atoms with Gasteiger partial charge in [0.05, 0.1) is 12.1 Å². The Morgan fingerprint density at radius 3 is 2.74 bits per heavy atom. The number of amides is 1. The Kier molecular flexibility index (Phi) is 4.73. The molecule has 0 aliphatic carbocycles. The number of aromatic nitrogens is 2. The molecule has 1 aromatic carbocycles. The molecule has 116 valence electrons. The van der Waals surface area contributed by atoms with Crippen molar-refractivity contribution in [3.63, 3.8) is 0 Å². The van der Waals surface area contributed by atoms with Crippen molar-refractivity contribution in [2.24, 2.45) is 0 Å². The lowest BCUT2D eigenvalue weighted by Crippen LogP contribution is -2.22. The smallest absolute Gasteiger partial charge is 0.253 e. The van der Waals surface area contributed by atoms with Crippen molar-refractivity contribution in [2.45, 2.75) is 13.0 Å². The molecule has 0 unspecified atom stereocenters. The number of halogens is 1. The molecule has 0 spiro atoms. The lowest BCUT2D eigenvalue weighted by Gasteiger charge is -2.02. The van der Waals surface area contributed by atoms with E-state index in [1.807, 2.05) is 0 Å². The largest absolute Gasteiger partial charge is 0.345 e. The Hall–Kier alpha value is -2.60. The van der Waals surface area contributed by atoms with Gasteiger partial charge in [-0.15, -0.1) is 11.3 Å². The van der Waals surface area contributed by atoms with Crippen LogP contribution >= 0.6 is 11.3 Å². The van der Waals surface area contributed by atoms with E-state index in [9.17, 15) is 9.18 Å². The Labute approximate surface area is 137 Å². The molecule has 0 saturated heterocycles. The number of carbonyl (C=O) groups excluding carboxylic acids is 1. The van der Waals surface area contributed by atoms with Gasteiger partial charge in [0.25, 0.3) is 5.91 Å². The van der Waals surface area contributed by atoms with Crippen molar-refractivity contribution in [1.29, 1.82) is 0 Å². The molecule has 0 radical (unpaired) electrons. The third-order valence-electron chi connectivity index (χ3n) is 3.22. The number of pyridine rings is 1. The predicted molar refractivity (Wildman–Crippen MR) is 86.7 cm³/mol. The fourth-order valence-electron chi connectivity index (χ4n) is 2.07.